The predicted octanol–water partition coefficient (Wildman–Crippen LogP) is 4.73. The molecule has 0 unspecified atom stereocenters. The van der Waals surface area contributed by atoms with Crippen molar-refractivity contribution in [2.75, 3.05) is 17.2 Å². The Bertz CT molecular complexity index is 671. The fourth-order valence-electron chi connectivity index (χ4n) is 2.54. The Labute approximate surface area is 139 Å². The molecule has 0 bridgehead atoms. The smallest absolute Gasteiger partial charge is 0.226 e. The topological polar surface area (TPSA) is 41.1 Å². The maximum atomic E-state index is 12.2. The molecule has 0 aliphatic carbocycles. The molecular weight excluding hydrogens is 284 g/mol. The van der Waals surface area contributed by atoms with Gasteiger partial charge in [0, 0.05) is 24.3 Å². The van der Waals surface area contributed by atoms with Crippen LogP contribution >= 0.6 is 0 Å². The van der Waals surface area contributed by atoms with E-state index in [4.69, 9.17) is 0 Å². The van der Waals surface area contributed by atoms with Crippen LogP contribution in [0.15, 0.2) is 48.5 Å². The van der Waals surface area contributed by atoms with Crippen LogP contribution in [0.25, 0.3) is 0 Å². The lowest BCUT2D eigenvalue weighted by Crippen LogP contribution is -2.20. The Balaban J connectivity index is 1.92. The lowest BCUT2D eigenvalue weighted by Gasteiger charge is -2.23. The second kappa shape index (κ2) is 7.32. The van der Waals surface area contributed by atoms with Crippen LogP contribution in [-0.2, 0) is 10.2 Å². The van der Waals surface area contributed by atoms with Gasteiger partial charge < -0.3 is 10.6 Å². The van der Waals surface area contributed by atoms with Gasteiger partial charge in [-0.3, -0.25) is 4.79 Å². The van der Waals surface area contributed by atoms with Crippen LogP contribution in [0.1, 0.15) is 38.3 Å². The van der Waals surface area contributed by atoms with E-state index in [9.17, 15) is 4.79 Å². The van der Waals surface area contributed by atoms with Gasteiger partial charge in [0.2, 0.25) is 5.91 Å². The van der Waals surface area contributed by atoms with Crippen LogP contribution in [0.4, 0.5) is 11.4 Å². The summed E-state index contributed by atoms with van der Waals surface area (Å²) in [6.45, 7) is 9.13. The van der Waals surface area contributed by atoms with E-state index >= 15 is 0 Å². The zero-order chi connectivity index (χ0) is 16.9. The number of carbonyl (C=O) groups is 1. The third-order valence-electron chi connectivity index (χ3n) is 3.82. The van der Waals surface area contributed by atoms with E-state index in [1.807, 2.05) is 36.4 Å². The lowest BCUT2D eigenvalue weighted by atomic mass is 9.86. The molecule has 3 nitrogen and oxygen atoms in total. The summed E-state index contributed by atoms with van der Waals surface area (Å²) in [5, 5.41) is 6.35. The Morgan fingerprint density at radius 3 is 2.22 bits per heavy atom. The van der Waals surface area contributed by atoms with Crippen molar-refractivity contribution in [1.29, 1.82) is 0 Å². The second-order valence-corrected chi connectivity index (χ2v) is 6.84. The molecule has 23 heavy (non-hydrogen) atoms. The summed E-state index contributed by atoms with van der Waals surface area (Å²) in [5.41, 5.74) is 4.32. The van der Waals surface area contributed by atoms with Crippen molar-refractivity contribution >= 4 is 17.3 Å². The van der Waals surface area contributed by atoms with Crippen LogP contribution in [0, 0.1) is 6.92 Å². The quantitative estimate of drug-likeness (QED) is 0.838. The SMILES string of the molecule is Cc1ccccc1NCCC(=O)Nc1ccccc1C(C)(C)C. The summed E-state index contributed by atoms with van der Waals surface area (Å²) < 4.78 is 0. The Kier molecular flexibility index (Phi) is 5.43. The molecule has 1 amide bonds. The highest BCUT2D eigenvalue weighted by molar-refractivity contribution is 5.92. The van der Waals surface area contributed by atoms with Gasteiger partial charge in [0.1, 0.15) is 0 Å². The first-order valence-electron chi connectivity index (χ1n) is 8.07. The Morgan fingerprint density at radius 1 is 0.957 bits per heavy atom. The van der Waals surface area contributed by atoms with E-state index < -0.39 is 0 Å². The highest BCUT2D eigenvalue weighted by Crippen LogP contribution is 2.29. The van der Waals surface area contributed by atoms with Crippen molar-refractivity contribution in [2.45, 2.75) is 39.5 Å². The van der Waals surface area contributed by atoms with E-state index in [0.717, 1.165) is 16.9 Å². The van der Waals surface area contributed by atoms with Gasteiger partial charge in [0.25, 0.3) is 0 Å². The van der Waals surface area contributed by atoms with E-state index in [1.165, 1.54) is 5.56 Å². The summed E-state index contributed by atoms with van der Waals surface area (Å²) in [7, 11) is 0. The zero-order valence-corrected chi connectivity index (χ0v) is 14.4. The summed E-state index contributed by atoms with van der Waals surface area (Å²) in [6, 6.07) is 16.1. The fourth-order valence-corrected chi connectivity index (χ4v) is 2.54. The van der Waals surface area contributed by atoms with Crippen LogP contribution in [0.3, 0.4) is 0 Å². The van der Waals surface area contributed by atoms with E-state index in [-0.39, 0.29) is 11.3 Å². The molecule has 0 radical (unpaired) electrons. The molecule has 0 heterocycles. The number of para-hydroxylation sites is 2. The van der Waals surface area contributed by atoms with Gasteiger partial charge in [-0.1, -0.05) is 57.2 Å². The summed E-state index contributed by atoms with van der Waals surface area (Å²) in [4.78, 5) is 12.2. The van der Waals surface area contributed by atoms with E-state index in [0.29, 0.717) is 13.0 Å². The predicted molar refractivity (Wildman–Crippen MR) is 98.1 cm³/mol. The number of benzene rings is 2. The number of carbonyl (C=O) groups excluding carboxylic acids is 1. The van der Waals surface area contributed by atoms with Crippen molar-refractivity contribution in [3.63, 3.8) is 0 Å². The molecule has 0 aromatic heterocycles. The normalized spacial score (nSPS) is 11.1. The molecule has 0 saturated heterocycles. The van der Waals surface area contributed by atoms with Crippen LogP contribution in [-0.4, -0.2) is 12.5 Å². The molecule has 0 atom stereocenters. The minimum Gasteiger partial charge on any atom is -0.384 e. The lowest BCUT2D eigenvalue weighted by molar-refractivity contribution is -0.115. The standard InChI is InChI=1S/C20H26N2O/c1-15-9-5-7-11-17(15)21-14-13-19(23)22-18-12-8-6-10-16(18)20(2,3)4/h5-12,21H,13-14H2,1-4H3,(H,22,23). The molecular formula is C20H26N2O. The number of aryl methyl sites for hydroxylation is 1. The van der Waals surface area contributed by atoms with Crippen molar-refractivity contribution in [3.8, 4) is 0 Å². The molecule has 0 saturated carbocycles. The highest BCUT2D eigenvalue weighted by atomic mass is 16.1. The fraction of sp³-hybridized carbons (Fsp3) is 0.350. The van der Waals surface area contributed by atoms with Gasteiger partial charge in [-0.2, -0.15) is 0 Å². The summed E-state index contributed by atoms with van der Waals surface area (Å²) in [6.07, 6.45) is 0.437. The van der Waals surface area contributed by atoms with Gasteiger partial charge >= 0.3 is 0 Å². The molecule has 2 aromatic rings. The van der Waals surface area contributed by atoms with Crippen molar-refractivity contribution in [3.05, 3.63) is 59.7 Å². The molecule has 2 N–H and O–H groups in total. The van der Waals surface area contributed by atoms with Crippen molar-refractivity contribution in [2.24, 2.45) is 0 Å². The van der Waals surface area contributed by atoms with Crippen LogP contribution in [0.2, 0.25) is 0 Å². The molecule has 0 spiro atoms. The van der Waals surface area contributed by atoms with Gasteiger partial charge in [0.15, 0.2) is 0 Å². The largest absolute Gasteiger partial charge is 0.384 e. The molecule has 0 fully saturated rings. The first kappa shape index (κ1) is 17.1. The van der Waals surface area contributed by atoms with E-state index in [1.54, 1.807) is 0 Å². The van der Waals surface area contributed by atoms with Crippen molar-refractivity contribution in [1.82, 2.24) is 0 Å². The molecule has 122 valence electrons. The number of amides is 1. The molecule has 0 aliphatic heterocycles. The summed E-state index contributed by atoms with van der Waals surface area (Å²) >= 11 is 0. The molecule has 3 heteroatoms. The van der Waals surface area contributed by atoms with Crippen LogP contribution in [0.5, 0.6) is 0 Å². The number of hydrogen-bond acceptors (Lipinski definition) is 2. The molecule has 2 aromatic carbocycles. The maximum Gasteiger partial charge on any atom is 0.226 e. The monoisotopic (exact) mass is 310 g/mol. The number of anilines is 2. The zero-order valence-electron chi connectivity index (χ0n) is 14.4. The minimum atomic E-state index is 0.00325. The maximum absolute atomic E-state index is 12.2. The third-order valence-corrected chi connectivity index (χ3v) is 3.82. The minimum absolute atomic E-state index is 0.00325. The van der Waals surface area contributed by atoms with Gasteiger partial charge in [-0.15, -0.1) is 0 Å². The molecule has 0 aliphatic rings. The van der Waals surface area contributed by atoms with Crippen LogP contribution < -0.4 is 10.6 Å². The first-order chi connectivity index (χ1) is 10.9. The average Bonchev–Trinajstić information content (AvgIpc) is 2.49. The highest BCUT2D eigenvalue weighted by Gasteiger charge is 2.18. The summed E-state index contributed by atoms with van der Waals surface area (Å²) in [5.74, 6) is 0.0304. The third kappa shape index (κ3) is 4.85. The van der Waals surface area contributed by atoms with Gasteiger partial charge in [-0.05, 0) is 35.6 Å². The number of nitrogens with one attached hydrogen (secondary N) is 2. The van der Waals surface area contributed by atoms with Crippen molar-refractivity contribution < 1.29 is 4.79 Å². The molecule has 2 rings (SSSR count). The first-order valence-corrected chi connectivity index (χ1v) is 8.07. The van der Waals surface area contributed by atoms with E-state index in [2.05, 4.69) is 50.5 Å². The Hall–Kier alpha value is -2.29. The number of hydrogen-bond donors (Lipinski definition) is 2. The Morgan fingerprint density at radius 2 is 1.57 bits per heavy atom. The van der Waals surface area contributed by atoms with Gasteiger partial charge in [-0.25, -0.2) is 0 Å². The number of rotatable bonds is 5. The average molecular weight is 310 g/mol. The second-order valence-electron chi connectivity index (χ2n) is 6.84. The van der Waals surface area contributed by atoms with Gasteiger partial charge in [0.05, 0.1) is 0 Å².